The van der Waals surface area contributed by atoms with E-state index < -0.39 is 0 Å². The highest BCUT2D eigenvalue weighted by Crippen LogP contribution is 2.23. The molecule has 0 saturated carbocycles. The molecule has 4 rings (SSSR count). The van der Waals surface area contributed by atoms with E-state index in [0.717, 1.165) is 70.5 Å². The quantitative estimate of drug-likeness (QED) is 0.853. The Morgan fingerprint density at radius 1 is 1.22 bits per heavy atom. The predicted molar refractivity (Wildman–Crippen MR) is 105 cm³/mol. The molecule has 0 radical (unpaired) electrons. The lowest BCUT2D eigenvalue weighted by atomic mass is 10.0. The van der Waals surface area contributed by atoms with Crippen LogP contribution in [0.5, 0.6) is 0 Å². The number of H-pyrrole nitrogens is 1. The summed E-state index contributed by atoms with van der Waals surface area (Å²) < 4.78 is 5.43. The first-order valence-electron chi connectivity index (χ1n) is 9.80. The van der Waals surface area contributed by atoms with Crippen molar-refractivity contribution in [3.63, 3.8) is 0 Å². The van der Waals surface area contributed by atoms with Crippen LogP contribution in [0.1, 0.15) is 24.1 Å². The fourth-order valence-electron chi connectivity index (χ4n) is 3.88. The van der Waals surface area contributed by atoms with Gasteiger partial charge in [0.1, 0.15) is 5.82 Å². The van der Waals surface area contributed by atoms with E-state index in [9.17, 15) is 0 Å². The summed E-state index contributed by atoms with van der Waals surface area (Å²) in [7, 11) is 2.16. The molecule has 1 N–H and O–H groups in total. The van der Waals surface area contributed by atoms with E-state index >= 15 is 0 Å². The Hall–Kier alpha value is -2.19. The monoisotopic (exact) mass is 371 g/mol. The van der Waals surface area contributed by atoms with Gasteiger partial charge in [0.05, 0.1) is 19.4 Å². The first-order valence-corrected chi connectivity index (χ1v) is 9.80. The normalized spacial score (nSPS) is 19.4. The minimum Gasteiger partial charge on any atom is -0.378 e. The Balaban J connectivity index is 1.35. The van der Waals surface area contributed by atoms with Gasteiger partial charge in [0.25, 0.3) is 0 Å². The topological polar surface area (TPSA) is 73.4 Å². The summed E-state index contributed by atoms with van der Waals surface area (Å²) in [5.41, 5.74) is 2.47. The minimum absolute atomic E-state index is 0.513. The van der Waals surface area contributed by atoms with Crippen LogP contribution in [0, 0.1) is 6.92 Å². The Labute approximate surface area is 160 Å². The number of aromatic amines is 1. The van der Waals surface area contributed by atoms with Gasteiger partial charge in [-0.05, 0) is 25.8 Å². The van der Waals surface area contributed by atoms with Gasteiger partial charge >= 0.3 is 0 Å². The van der Waals surface area contributed by atoms with Crippen molar-refractivity contribution in [1.29, 1.82) is 0 Å². The molecule has 2 aliphatic heterocycles. The zero-order chi connectivity index (χ0) is 18.6. The molecule has 0 atom stereocenters. The molecule has 2 aromatic heterocycles. The standard InChI is InChI=1S/C19H29N7O/c1-15-16(13-21-23-15)14-25-7-4-17(5-8-25)24(2)18-3-6-20-19(22-18)26-9-11-27-12-10-26/h3,6,13,17H,4-5,7-12,14H2,1-2H3,(H,21,23). The van der Waals surface area contributed by atoms with Crippen LogP contribution in [-0.2, 0) is 11.3 Å². The largest absolute Gasteiger partial charge is 0.378 e. The number of rotatable bonds is 5. The van der Waals surface area contributed by atoms with E-state index in [-0.39, 0.29) is 0 Å². The van der Waals surface area contributed by atoms with Crippen LogP contribution in [0.3, 0.4) is 0 Å². The molecule has 4 heterocycles. The maximum absolute atomic E-state index is 5.43. The molecule has 0 aromatic carbocycles. The fourth-order valence-corrected chi connectivity index (χ4v) is 3.88. The first-order chi connectivity index (χ1) is 13.2. The highest BCUT2D eigenvalue weighted by atomic mass is 16.5. The van der Waals surface area contributed by atoms with Crippen molar-refractivity contribution < 1.29 is 4.74 Å². The summed E-state index contributed by atoms with van der Waals surface area (Å²) in [5, 5.41) is 7.16. The van der Waals surface area contributed by atoms with Crippen LogP contribution in [0.2, 0.25) is 0 Å². The van der Waals surface area contributed by atoms with Crippen molar-refractivity contribution in [1.82, 2.24) is 25.1 Å². The molecular weight excluding hydrogens is 342 g/mol. The van der Waals surface area contributed by atoms with Gasteiger partial charge < -0.3 is 14.5 Å². The van der Waals surface area contributed by atoms with E-state index in [1.54, 1.807) is 0 Å². The number of likely N-dealkylation sites (tertiary alicyclic amines) is 1. The van der Waals surface area contributed by atoms with E-state index in [0.29, 0.717) is 6.04 Å². The number of morpholine rings is 1. The third-order valence-electron chi connectivity index (χ3n) is 5.72. The van der Waals surface area contributed by atoms with Crippen molar-refractivity contribution in [3.05, 3.63) is 29.7 Å². The van der Waals surface area contributed by atoms with Gasteiger partial charge in [0.2, 0.25) is 5.95 Å². The van der Waals surface area contributed by atoms with Crippen LogP contribution in [-0.4, -0.2) is 77.5 Å². The molecular formula is C19H29N7O. The highest BCUT2D eigenvalue weighted by Gasteiger charge is 2.24. The Morgan fingerprint density at radius 3 is 2.70 bits per heavy atom. The maximum Gasteiger partial charge on any atom is 0.227 e. The number of nitrogens with one attached hydrogen (secondary N) is 1. The third kappa shape index (κ3) is 4.22. The lowest BCUT2D eigenvalue weighted by molar-refractivity contribution is 0.122. The number of anilines is 2. The lowest BCUT2D eigenvalue weighted by Crippen LogP contribution is -2.43. The smallest absolute Gasteiger partial charge is 0.227 e. The molecule has 0 unspecified atom stereocenters. The van der Waals surface area contributed by atoms with Gasteiger partial charge in [0.15, 0.2) is 0 Å². The molecule has 8 nitrogen and oxygen atoms in total. The van der Waals surface area contributed by atoms with Gasteiger partial charge in [-0.2, -0.15) is 10.1 Å². The number of ether oxygens (including phenoxy) is 1. The molecule has 0 aliphatic carbocycles. The van der Waals surface area contributed by atoms with Crippen molar-refractivity contribution in [2.75, 3.05) is 56.2 Å². The lowest BCUT2D eigenvalue weighted by Gasteiger charge is -2.37. The molecule has 0 bridgehead atoms. The zero-order valence-electron chi connectivity index (χ0n) is 16.3. The Morgan fingerprint density at radius 2 is 2.00 bits per heavy atom. The van der Waals surface area contributed by atoms with Gasteiger partial charge in [-0.25, -0.2) is 4.98 Å². The highest BCUT2D eigenvalue weighted by molar-refractivity contribution is 5.44. The summed E-state index contributed by atoms with van der Waals surface area (Å²) >= 11 is 0. The molecule has 27 heavy (non-hydrogen) atoms. The number of piperidine rings is 1. The molecule has 2 aliphatic rings. The second-order valence-corrected chi connectivity index (χ2v) is 7.45. The molecule has 2 fully saturated rings. The summed E-state index contributed by atoms with van der Waals surface area (Å²) in [5.74, 6) is 1.83. The fraction of sp³-hybridized carbons (Fsp3) is 0.632. The number of hydrogen-bond acceptors (Lipinski definition) is 7. The van der Waals surface area contributed by atoms with E-state index in [1.165, 1.54) is 11.3 Å². The summed E-state index contributed by atoms with van der Waals surface area (Å²) in [6.45, 7) is 8.48. The van der Waals surface area contributed by atoms with Crippen LogP contribution in [0.15, 0.2) is 18.5 Å². The number of aryl methyl sites for hydroxylation is 1. The summed E-state index contributed by atoms with van der Waals surface area (Å²) in [6, 6.07) is 2.53. The Kier molecular flexibility index (Phi) is 5.54. The van der Waals surface area contributed by atoms with Crippen LogP contribution in [0.4, 0.5) is 11.8 Å². The minimum atomic E-state index is 0.513. The van der Waals surface area contributed by atoms with Gasteiger partial charge in [-0.1, -0.05) is 0 Å². The van der Waals surface area contributed by atoms with Gasteiger partial charge in [-0.15, -0.1) is 0 Å². The number of nitrogens with zero attached hydrogens (tertiary/aromatic N) is 6. The third-order valence-corrected chi connectivity index (χ3v) is 5.72. The molecule has 0 spiro atoms. The SMILES string of the molecule is Cc1[nH]ncc1CN1CCC(N(C)c2ccnc(N3CCOCC3)n2)CC1. The molecule has 0 amide bonds. The van der Waals surface area contributed by atoms with Gasteiger partial charge in [-0.3, -0.25) is 10.00 Å². The molecule has 2 saturated heterocycles. The second-order valence-electron chi connectivity index (χ2n) is 7.45. The van der Waals surface area contributed by atoms with E-state index in [1.807, 2.05) is 18.5 Å². The van der Waals surface area contributed by atoms with Crippen LogP contribution >= 0.6 is 0 Å². The van der Waals surface area contributed by atoms with Gasteiger partial charge in [0, 0.05) is 63.3 Å². The van der Waals surface area contributed by atoms with Crippen molar-refractivity contribution in [2.45, 2.75) is 32.4 Å². The van der Waals surface area contributed by atoms with Crippen LogP contribution in [0.25, 0.3) is 0 Å². The average Bonchev–Trinajstić information content (AvgIpc) is 3.13. The second kappa shape index (κ2) is 8.22. The van der Waals surface area contributed by atoms with Crippen molar-refractivity contribution >= 4 is 11.8 Å². The maximum atomic E-state index is 5.43. The van der Waals surface area contributed by atoms with Crippen molar-refractivity contribution in [2.24, 2.45) is 0 Å². The Bertz CT molecular complexity index is 735. The average molecular weight is 371 g/mol. The zero-order valence-corrected chi connectivity index (χ0v) is 16.3. The number of hydrogen-bond donors (Lipinski definition) is 1. The summed E-state index contributed by atoms with van der Waals surface area (Å²) in [6.07, 6.45) is 6.11. The molecule has 2 aromatic rings. The van der Waals surface area contributed by atoms with E-state index in [4.69, 9.17) is 9.72 Å². The van der Waals surface area contributed by atoms with Crippen LogP contribution < -0.4 is 9.80 Å². The summed E-state index contributed by atoms with van der Waals surface area (Å²) in [4.78, 5) is 16.3. The van der Waals surface area contributed by atoms with E-state index in [2.05, 4.69) is 43.9 Å². The first kappa shape index (κ1) is 18.2. The molecule has 8 heteroatoms. The number of aromatic nitrogens is 4. The van der Waals surface area contributed by atoms with Crippen molar-refractivity contribution in [3.8, 4) is 0 Å². The molecule has 146 valence electrons. The predicted octanol–water partition coefficient (Wildman–Crippen LogP) is 1.45.